The van der Waals surface area contributed by atoms with Gasteiger partial charge >= 0.3 is 0 Å². The lowest BCUT2D eigenvalue weighted by molar-refractivity contribution is -0.131. The van der Waals surface area contributed by atoms with Crippen LogP contribution >= 0.6 is 0 Å². The quantitative estimate of drug-likeness (QED) is 0.864. The number of ether oxygens (including phenoxy) is 1. The summed E-state index contributed by atoms with van der Waals surface area (Å²) in [5.74, 6) is 5.72. The molecule has 2 atom stereocenters. The van der Waals surface area contributed by atoms with Gasteiger partial charge in [-0.3, -0.25) is 4.79 Å². The summed E-state index contributed by atoms with van der Waals surface area (Å²) in [6.45, 7) is 4.04. The van der Waals surface area contributed by atoms with Crippen molar-refractivity contribution in [3.63, 3.8) is 0 Å². The van der Waals surface area contributed by atoms with E-state index in [0.717, 1.165) is 24.2 Å². The van der Waals surface area contributed by atoms with Crippen LogP contribution < -0.4 is 4.74 Å². The van der Waals surface area contributed by atoms with Gasteiger partial charge in [0.2, 0.25) is 0 Å². The van der Waals surface area contributed by atoms with Crippen LogP contribution in [0.2, 0.25) is 0 Å². The van der Waals surface area contributed by atoms with Crippen LogP contribution in [0.5, 0.6) is 5.75 Å². The van der Waals surface area contributed by atoms with Crippen LogP contribution in [0, 0.1) is 11.8 Å². The minimum Gasteiger partial charge on any atom is -0.497 e. The highest BCUT2D eigenvalue weighted by molar-refractivity contribution is 5.94. The number of carbonyl (C=O) groups is 1. The Bertz CT molecular complexity index is 566. The van der Waals surface area contributed by atoms with Crippen LogP contribution in [-0.2, 0) is 10.4 Å². The highest BCUT2D eigenvalue weighted by Gasteiger charge is 2.42. The first-order valence-electron chi connectivity index (χ1n) is 7.11. The first kappa shape index (κ1) is 15.4. The number of nitrogens with zero attached hydrogens (tertiary/aromatic N) is 1. The molecule has 0 spiro atoms. The molecule has 0 aromatic heterocycles. The number of likely N-dealkylation sites (tertiary alicyclic amines) is 1. The fraction of sp³-hybridized carbons (Fsp3) is 0.471. The number of hydrogen-bond donors (Lipinski definition) is 1. The molecule has 0 aliphatic carbocycles. The van der Waals surface area contributed by atoms with E-state index in [1.807, 2.05) is 24.3 Å². The van der Waals surface area contributed by atoms with Gasteiger partial charge in [-0.2, -0.15) is 0 Å². The molecule has 1 saturated heterocycles. The third kappa shape index (κ3) is 3.03. The second-order valence-corrected chi connectivity index (χ2v) is 5.41. The molecule has 1 heterocycles. The second kappa shape index (κ2) is 6.19. The van der Waals surface area contributed by atoms with Gasteiger partial charge in [-0.25, -0.2) is 0 Å². The molecule has 2 rings (SSSR count). The van der Waals surface area contributed by atoms with Crippen LogP contribution in [0.1, 0.15) is 32.3 Å². The predicted molar refractivity (Wildman–Crippen MR) is 80.7 cm³/mol. The molecule has 21 heavy (non-hydrogen) atoms. The van der Waals surface area contributed by atoms with Crippen molar-refractivity contribution in [1.29, 1.82) is 0 Å². The van der Waals surface area contributed by atoms with Crippen molar-refractivity contribution < 1.29 is 14.6 Å². The highest BCUT2D eigenvalue weighted by Crippen LogP contribution is 2.35. The van der Waals surface area contributed by atoms with E-state index in [0.29, 0.717) is 6.54 Å². The molecule has 1 aliphatic heterocycles. The Hall–Kier alpha value is -1.99. The van der Waals surface area contributed by atoms with Gasteiger partial charge in [0.25, 0.3) is 5.91 Å². The Morgan fingerprint density at radius 2 is 2.10 bits per heavy atom. The molecule has 1 aliphatic rings. The maximum atomic E-state index is 12.1. The molecular formula is C17H21NO3. The Balaban J connectivity index is 2.27. The van der Waals surface area contributed by atoms with E-state index in [1.54, 1.807) is 25.9 Å². The number of methoxy groups -OCH3 is 1. The van der Waals surface area contributed by atoms with Gasteiger partial charge in [-0.05, 0) is 50.3 Å². The number of rotatable bonds is 3. The minimum absolute atomic E-state index is 0.214. The SMILES string of the molecule is CC#CC(=O)N1CCC[C@@H]1[C@](C)(O)c1ccc(OC)cc1. The van der Waals surface area contributed by atoms with Crippen LogP contribution in [-0.4, -0.2) is 35.6 Å². The summed E-state index contributed by atoms with van der Waals surface area (Å²) in [5, 5.41) is 11.0. The van der Waals surface area contributed by atoms with Gasteiger partial charge in [0.15, 0.2) is 0 Å². The molecule has 4 heteroatoms. The Labute approximate surface area is 125 Å². The standard InChI is InChI=1S/C17H21NO3/c1-4-6-16(19)18-12-5-7-15(18)17(2,20)13-8-10-14(21-3)11-9-13/h8-11,15,20H,5,7,12H2,1-3H3/t15-,17-/m1/s1. The Morgan fingerprint density at radius 3 is 2.67 bits per heavy atom. The molecule has 0 unspecified atom stereocenters. The van der Waals surface area contributed by atoms with Crippen LogP contribution in [0.15, 0.2) is 24.3 Å². The summed E-state index contributed by atoms with van der Waals surface area (Å²) in [6, 6.07) is 7.06. The zero-order chi connectivity index (χ0) is 15.5. The van der Waals surface area contributed by atoms with Gasteiger partial charge in [0.05, 0.1) is 13.2 Å². The predicted octanol–water partition coefficient (Wildman–Crippen LogP) is 1.92. The van der Waals surface area contributed by atoms with Crippen molar-refractivity contribution in [2.45, 2.75) is 38.3 Å². The van der Waals surface area contributed by atoms with E-state index in [4.69, 9.17) is 4.74 Å². The Kier molecular flexibility index (Phi) is 4.54. The van der Waals surface area contributed by atoms with Gasteiger partial charge in [0, 0.05) is 6.54 Å². The summed E-state index contributed by atoms with van der Waals surface area (Å²) in [4.78, 5) is 13.7. The van der Waals surface area contributed by atoms with Crippen molar-refractivity contribution in [2.75, 3.05) is 13.7 Å². The van der Waals surface area contributed by atoms with E-state index in [9.17, 15) is 9.90 Å². The zero-order valence-corrected chi connectivity index (χ0v) is 12.7. The summed E-state index contributed by atoms with van der Waals surface area (Å²) in [7, 11) is 1.61. The van der Waals surface area contributed by atoms with Gasteiger partial charge in [0.1, 0.15) is 11.4 Å². The van der Waals surface area contributed by atoms with E-state index in [1.165, 1.54) is 0 Å². The van der Waals surface area contributed by atoms with E-state index in [-0.39, 0.29) is 11.9 Å². The molecule has 1 fully saturated rings. The summed E-state index contributed by atoms with van der Waals surface area (Å²) in [5.41, 5.74) is -0.328. The lowest BCUT2D eigenvalue weighted by Crippen LogP contribution is -2.47. The summed E-state index contributed by atoms with van der Waals surface area (Å²) < 4.78 is 5.13. The minimum atomic E-state index is -1.10. The normalized spacial score (nSPS) is 20.4. The third-order valence-corrected chi connectivity index (χ3v) is 4.07. The fourth-order valence-corrected chi connectivity index (χ4v) is 2.89. The van der Waals surface area contributed by atoms with Crippen LogP contribution in [0.3, 0.4) is 0 Å². The number of aliphatic hydroxyl groups is 1. The maximum absolute atomic E-state index is 12.1. The molecule has 1 amide bonds. The molecule has 0 bridgehead atoms. The average Bonchev–Trinajstić information content (AvgIpc) is 2.98. The highest BCUT2D eigenvalue weighted by atomic mass is 16.5. The van der Waals surface area contributed by atoms with Crippen LogP contribution in [0.4, 0.5) is 0 Å². The molecule has 4 nitrogen and oxygen atoms in total. The largest absolute Gasteiger partial charge is 0.497 e. The topological polar surface area (TPSA) is 49.8 Å². The number of benzene rings is 1. The molecular weight excluding hydrogens is 266 g/mol. The summed E-state index contributed by atoms with van der Waals surface area (Å²) >= 11 is 0. The molecule has 0 radical (unpaired) electrons. The van der Waals surface area contributed by atoms with Crippen molar-refractivity contribution in [3.05, 3.63) is 29.8 Å². The second-order valence-electron chi connectivity index (χ2n) is 5.41. The van der Waals surface area contributed by atoms with Crippen molar-refractivity contribution in [1.82, 2.24) is 4.90 Å². The Morgan fingerprint density at radius 1 is 1.43 bits per heavy atom. The van der Waals surface area contributed by atoms with Gasteiger partial charge < -0.3 is 14.7 Å². The number of carbonyl (C=O) groups excluding carboxylic acids is 1. The fourth-order valence-electron chi connectivity index (χ4n) is 2.89. The maximum Gasteiger partial charge on any atom is 0.298 e. The first-order chi connectivity index (χ1) is 10.0. The first-order valence-corrected chi connectivity index (χ1v) is 7.11. The van der Waals surface area contributed by atoms with E-state index in [2.05, 4.69) is 11.8 Å². The van der Waals surface area contributed by atoms with Gasteiger partial charge in [-0.15, -0.1) is 0 Å². The molecule has 112 valence electrons. The monoisotopic (exact) mass is 287 g/mol. The van der Waals surface area contributed by atoms with E-state index < -0.39 is 5.60 Å². The lowest BCUT2D eigenvalue weighted by atomic mass is 9.86. The number of hydrogen-bond acceptors (Lipinski definition) is 3. The van der Waals surface area contributed by atoms with E-state index >= 15 is 0 Å². The molecule has 1 aromatic carbocycles. The van der Waals surface area contributed by atoms with Gasteiger partial charge in [-0.1, -0.05) is 18.1 Å². The smallest absolute Gasteiger partial charge is 0.298 e. The van der Waals surface area contributed by atoms with Crippen molar-refractivity contribution in [3.8, 4) is 17.6 Å². The number of amides is 1. The molecule has 1 N–H and O–H groups in total. The lowest BCUT2D eigenvalue weighted by Gasteiger charge is -2.36. The molecule has 1 aromatic rings. The summed E-state index contributed by atoms with van der Waals surface area (Å²) in [6.07, 6.45) is 1.66. The van der Waals surface area contributed by atoms with Crippen molar-refractivity contribution in [2.24, 2.45) is 0 Å². The van der Waals surface area contributed by atoms with Crippen LogP contribution in [0.25, 0.3) is 0 Å². The van der Waals surface area contributed by atoms with Crippen molar-refractivity contribution >= 4 is 5.91 Å². The third-order valence-electron chi connectivity index (χ3n) is 4.07. The average molecular weight is 287 g/mol. The zero-order valence-electron chi connectivity index (χ0n) is 12.7. The molecule has 0 saturated carbocycles.